The number of hydrogen-bond donors (Lipinski definition) is 5. The molecule has 0 spiro atoms. The average molecular weight is 472 g/mol. The molecular weight excluding hydrogens is 446 g/mol. The van der Waals surface area contributed by atoms with Crippen molar-refractivity contribution in [2.24, 2.45) is 0 Å². The number of ether oxygens (including phenoxy) is 1. The van der Waals surface area contributed by atoms with Crippen LogP contribution in [0.25, 0.3) is 0 Å². The van der Waals surface area contributed by atoms with Crippen LogP contribution in [0.5, 0.6) is 11.5 Å². The maximum absolute atomic E-state index is 12.1. The predicted octanol–water partition coefficient (Wildman–Crippen LogP) is -0.566. The Bertz CT molecular complexity index is 967. The van der Waals surface area contributed by atoms with E-state index < -0.39 is 14.6 Å². The average Bonchev–Trinajstić information content (AvgIpc) is 3.63. The van der Waals surface area contributed by atoms with Gasteiger partial charge in [0.15, 0.2) is 0 Å². The molecule has 1 aliphatic heterocycles. The first kappa shape index (κ1) is 25.5. The molecule has 1 heterocycles. The maximum Gasteiger partial charge on any atom is 0.707 e. The number of amides is 2. The summed E-state index contributed by atoms with van der Waals surface area (Å²) in [5, 5.41) is 37.5. The van der Waals surface area contributed by atoms with Crippen LogP contribution in [-0.2, 0) is 4.74 Å². The highest BCUT2D eigenvalue weighted by molar-refractivity contribution is 6.34. The fraction of sp³-hybridized carbons (Fsp3) is 0.333. The molecule has 5 N–H and O–H groups in total. The lowest BCUT2D eigenvalue weighted by Crippen LogP contribution is -2.40. The Labute approximate surface area is 197 Å². The zero-order valence-electron chi connectivity index (χ0n) is 18.4. The van der Waals surface area contributed by atoms with Crippen LogP contribution in [0.3, 0.4) is 0 Å². The van der Waals surface area contributed by atoms with Gasteiger partial charge in [0.1, 0.15) is 11.5 Å². The lowest BCUT2D eigenvalue weighted by Gasteiger charge is -2.27. The van der Waals surface area contributed by atoms with Crippen molar-refractivity contribution >= 4 is 26.5 Å². The first-order valence-electron chi connectivity index (χ1n) is 10.8. The number of nitrogens with one attached hydrogen (secondary N) is 1. The second kappa shape index (κ2) is 12.4. The molecule has 2 aromatic carbocycles. The molecule has 2 aliphatic rings. The standard InChI is InChI=1S/C11H14BNO5.C10H12BNO4/c14-11(13-4-6-17-7-5-13)9-2-1-3-10(8-9)18-12(15)16;13-10(12-8-4-5-8)7-2-1-3-9(6-7)16-11(14)15/h1-3,8,15-16H,4-7H2;1-3,6,8,14-15H,4-5H2,(H,12,13). The number of carbonyl (C=O) groups is 2. The van der Waals surface area contributed by atoms with Gasteiger partial charge in [0, 0.05) is 30.3 Å². The minimum atomic E-state index is -1.89. The van der Waals surface area contributed by atoms with Gasteiger partial charge in [-0.3, -0.25) is 9.59 Å². The van der Waals surface area contributed by atoms with Crippen molar-refractivity contribution in [3.05, 3.63) is 59.7 Å². The summed E-state index contributed by atoms with van der Waals surface area (Å²) >= 11 is 0. The Morgan fingerprint density at radius 2 is 1.41 bits per heavy atom. The van der Waals surface area contributed by atoms with E-state index in [0.29, 0.717) is 43.5 Å². The summed E-state index contributed by atoms with van der Waals surface area (Å²) in [5.74, 6) is 0.208. The molecule has 0 unspecified atom stereocenters. The third-order valence-corrected chi connectivity index (χ3v) is 4.87. The molecule has 2 fully saturated rings. The van der Waals surface area contributed by atoms with Gasteiger partial charge in [-0.15, -0.1) is 0 Å². The monoisotopic (exact) mass is 472 g/mol. The SMILES string of the molecule is O=C(NC1CC1)c1cccc(OB(O)O)c1.O=C(c1cccc(OB(O)O)c1)N1CCOCC1. The second-order valence-electron chi connectivity index (χ2n) is 7.60. The zero-order valence-corrected chi connectivity index (χ0v) is 18.4. The van der Waals surface area contributed by atoms with Gasteiger partial charge in [-0.25, -0.2) is 0 Å². The quantitative estimate of drug-likeness (QED) is 0.333. The molecule has 0 atom stereocenters. The molecule has 0 radical (unpaired) electrons. The number of benzene rings is 2. The summed E-state index contributed by atoms with van der Waals surface area (Å²) in [6.45, 7) is 2.20. The highest BCUT2D eigenvalue weighted by Gasteiger charge is 2.24. The molecule has 1 aliphatic carbocycles. The largest absolute Gasteiger partial charge is 0.707 e. The van der Waals surface area contributed by atoms with Crippen LogP contribution in [0.1, 0.15) is 33.6 Å². The molecular formula is C21H26B2N2O9. The van der Waals surface area contributed by atoms with Crippen molar-refractivity contribution in [2.75, 3.05) is 26.3 Å². The number of hydrogen-bond acceptors (Lipinski definition) is 9. The number of nitrogens with zero attached hydrogens (tertiary/aromatic N) is 1. The van der Waals surface area contributed by atoms with E-state index in [1.807, 2.05) is 0 Å². The molecule has 11 nitrogen and oxygen atoms in total. The molecule has 180 valence electrons. The number of rotatable bonds is 7. The van der Waals surface area contributed by atoms with Crippen LogP contribution < -0.4 is 14.6 Å². The lowest BCUT2D eigenvalue weighted by molar-refractivity contribution is 0.0302. The topological polar surface area (TPSA) is 158 Å². The molecule has 1 saturated carbocycles. The Morgan fingerprint density at radius 1 is 0.882 bits per heavy atom. The summed E-state index contributed by atoms with van der Waals surface area (Å²) in [6, 6.07) is 12.9. The summed E-state index contributed by atoms with van der Waals surface area (Å²) in [6.07, 6.45) is 2.05. The van der Waals surface area contributed by atoms with Crippen molar-refractivity contribution in [1.82, 2.24) is 10.2 Å². The Kier molecular flexibility index (Phi) is 9.31. The summed E-state index contributed by atoms with van der Waals surface area (Å²) < 4.78 is 14.5. The van der Waals surface area contributed by atoms with Gasteiger partial charge >= 0.3 is 14.6 Å². The fourth-order valence-electron chi connectivity index (χ4n) is 3.10. The van der Waals surface area contributed by atoms with Crippen LogP contribution in [0.15, 0.2) is 48.5 Å². The molecule has 0 aromatic heterocycles. The van der Waals surface area contributed by atoms with Gasteiger partial charge in [-0.1, -0.05) is 12.1 Å². The van der Waals surface area contributed by atoms with Crippen molar-refractivity contribution < 1.29 is 43.7 Å². The molecule has 4 rings (SSSR count). The van der Waals surface area contributed by atoms with Gasteiger partial charge in [0.25, 0.3) is 11.8 Å². The third-order valence-electron chi connectivity index (χ3n) is 4.87. The normalized spacial score (nSPS) is 14.9. The van der Waals surface area contributed by atoms with Crippen LogP contribution >= 0.6 is 0 Å². The molecule has 2 aromatic rings. The van der Waals surface area contributed by atoms with E-state index in [1.54, 1.807) is 41.3 Å². The summed E-state index contributed by atoms with van der Waals surface area (Å²) in [4.78, 5) is 25.5. The van der Waals surface area contributed by atoms with Crippen LogP contribution in [0.4, 0.5) is 0 Å². The predicted molar refractivity (Wildman–Crippen MR) is 122 cm³/mol. The maximum atomic E-state index is 12.1. The van der Waals surface area contributed by atoms with Gasteiger partial charge < -0.3 is 44.4 Å². The molecule has 1 saturated heterocycles. The molecule has 0 bridgehead atoms. The van der Waals surface area contributed by atoms with Gasteiger partial charge in [0.2, 0.25) is 0 Å². The minimum absolute atomic E-state index is 0.115. The van der Waals surface area contributed by atoms with Crippen LogP contribution in [-0.4, -0.2) is 83.8 Å². The van der Waals surface area contributed by atoms with Crippen molar-refractivity contribution in [3.8, 4) is 11.5 Å². The molecule has 13 heteroatoms. The molecule has 34 heavy (non-hydrogen) atoms. The van der Waals surface area contributed by atoms with Gasteiger partial charge in [0.05, 0.1) is 13.2 Å². The number of carbonyl (C=O) groups excluding carboxylic acids is 2. The van der Waals surface area contributed by atoms with E-state index in [9.17, 15) is 9.59 Å². The van der Waals surface area contributed by atoms with E-state index in [1.165, 1.54) is 12.1 Å². The Morgan fingerprint density at radius 3 is 1.94 bits per heavy atom. The van der Waals surface area contributed by atoms with Gasteiger partial charge in [-0.05, 0) is 49.2 Å². The number of morpholine rings is 1. The fourth-order valence-corrected chi connectivity index (χ4v) is 3.10. The minimum Gasteiger partial charge on any atom is -0.512 e. The van der Waals surface area contributed by atoms with Crippen molar-refractivity contribution in [1.29, 1.82) is 0 Å². The smallest absolute Gasteiger partial charge is 0.512 e. The summed E-state index contributed by atoms with van der Waals surface area (Å²) in [5.41, 5.74) is 0.903. The Hall–Kier alpha value is -3.09. The lowest BCUT2D eigenvalue weighted by atomic mass is 10.1. The first-order valence-corrected chi connectivity index (χ1v) is 10.8. The highest BCUT2D eigenvalue weighted by Crippen LogP contribution is 2.20. The van der Waals surface area contributed by atoms with Crippen molar-refractivity contribution in [3.63, 3.8) is 0 Å². The van der Waals surface area contributed by atoms with Crippen LogP contribution in [0, 0.1) is 0 Å². The summed E-state index contributed by atoms with van der Waals surface area (Å²) in [7, 11) is -3.76. The highest BCUT2D eigenvalue weighted by atomic mass is 16.6. The third kappa shape index (κ3) is 8.36. The van der Waals surface area contributed by atoms with Crippen LogP contribution in [0.2, 0.25) is 0 Å². The van der Waals surface area contributed by atoms with E-state index >= 15 is 0 Å². The van der Waals surface area contributed by atoms with Gasteiger partial charge in [-0.2, -0.15) is 0 Å². The molecule has 2 amide bonds. The first-order chi connectivity index (χ1) is 16.3. The Balaban J connectivity index is 0.000000192. The van der Waals surface area contributed by atoms with E-state index in [-0.39, 0.29) is 23.3 Å². The van der Waals surface area contributed by atoms with E-state index in [0.717, 1.165) is 12.8 Å². The van der Waals surface area contributed by atoms with Crippen molar-refractivity contribution in [2.45, 2.75) is 18.9 Å². The zero-order chi connectivity index (χ0) is 24.5. The second-order valence-corrected chi connectivity index (χ2v) is 7.60. The van der Waals surface area contributed by atoms with E-state index in [2.05, 4.69) is 9.97 Å². The van der Waals surface area contributed by atoms with E-state index in [4.69, 9.17) is 29.5 Å².